The smallest absolute Gasteiger partial charge is 0.161 e. The summed E-state index contributed by atoms with van der Waals surface area (Å²) >= 11 is 12.9. The van der Waals surface area contributed by atoms with Crippen LogP contribution in [0.4, 0.5) is 5.82 Å². The van der Waals surface area contributed by atoms with Crippen LogP contribution >= 0.6 is 23.2 Å². The zero-order valence-corrected chi connectivity index (χ0v) is 24.0. The van der Waals surface area contributed by atoms with Gasteiger partial charge in [-0.3, -0.25) is 4.98 Å². The predicted octanol–water partition coefficient (Wildman–Crippen LogP) is 7.31. The minimum absolute atomic E-state index is 0.143. The molecule has 0 N–H and O–H groups in total. The molecular weight excluding hydrogens is 545 g/mol. The van der Waals surface area contributed by atoms with Crippen LogP contribution in [0.3, 0.4) is 0 Å². The maximum Gasteiger partial charge on any atom is 0.161 e. The lowest BCUT2D eigenvalue weighted by Gasteiger charge is -2.23. The normalized spacial score (nSPS) is 16.9. The Morgan fingerprint density at radius 2 is 1.97 bits per heavy atom. The van der Waals surface area contributed by atoms with Gasteiger partial charge >= 0.3 is 0 Å². The largest absolute Gasteiger partial charge is 0.486 e. The van der Waals surface area contributed by atoms with E-state index < -0.39 is 15.8 Å². The molecule has 38 heavy (non-hydrogen) atoms. The number of hydrogen-bond acceptors (Lipinski definition) is 7. The SMILES string of the molecule is Cc1ncc(Cl)c([C@@H](C)Oc2ccc3c(c2)c(-c2ccc(N=S(C)(C)=O)nc2)nn3C2CCCCO2)c1Cl. The third kappa shape index (κ3) is 5.66. The van der Waals surface area contributed by atoms with Crippen molar-refractivity contribution in [1.29, 1.82) is 0 Å². The first-order valence-electron chi connectivity index (χ1n) is 12.4. The van der Waals surface area contributed by atoms with Crippen molar-refractivity contribution in [2.24, 2.45) is 4.36 Å². The summed E-state index contributed by atoms with van der Waals surface area (Å²) in [5.41, 5.74) is 3.87. The zero-order valence-electron chi connectivity index (χ0n) is 21.6. The molecule has 1 aromatic carbocycles. The maximum absolute atomic E-state index is 12.1. The molecule has 0 amide bonds. The molecule has 200 valence electrons. The van der Waals surface area contributed by atoms with Crippen LogP contribution in [0.5, 0.6) is 5.75 Å². The minimum Gasteiger partial charge on any atom is -0.486 e. The van der Waals surface area contributed by atoms with Gasteiger partial charge in [0.15, 0.2) is 12.0 Å². The fraction of sp³-hybridized carbons (Fsp3) is 0.370. The van der Waals surface area contributed by atoms with E-state index in [0.29, 0.717) is 39.5 Å². The van der Waals surface area contributed by atoms with Gasteiger partial charge in [-0.25, -0.2) is 13.9 Å². The number of nitrogens with zero attached hydrogens (tertiary/aromatic N) is 5. The van der Waals surface area contributed by atoms with Crippen LogP contribution in [0.1, 0.15) is 49.8 Å². The number of halogens is 2. The highest BCUT2D eigenvalue weighted by Crippen LogP contribution is 2.38. The van der Waals surface area contributed by atoms with E-state index in [2.05, 4.69) is 14.3 Å². The number of aromatic nitrogens is 4. The van der Waals surface area contributed by atoms with E-state index in [1.54, 1.807) is 31.0 Å². The number of ether oxygens (including phenoxy) is 2. The topological polar surface area (TPSA) is 91.5 Å². The van der Waals surface area contributed by atoms with Crippen molar-refractivity contribution in [3.8, 4) is 17.0 Å². The average Bonchev–Trinajstić information content (AvgIpc) is 3.25. The van der Waals surface area contributed by atoms with E-state index in [-0.39, 0.29) is 6.23 Å². The van der Waals surface area contributed by atoms with Gasteiger partial charge < -0.3 is 9.47 Å². The molecule has 0 bridgehead atoms. The summed E-state index contributed by atoms with van der Waals surface area (Å²) in [5.74, 6) is 1.07. The molecule has 0 saturated carbocycles. The van der Waals surface area contributed by atoms with Crippen molar-refractivity contribution >= 4 is 49.7 Å². The Morgan fingerprint density at radius 1 is 1.16 bits per heavy atom. The highest BCUT2D eigenvalue weighted by Gasteiger charge is 2.23. The summed E-state index contributed by atoms with van der Waals surface area (Å²) in [6.07, 6.45) is 8.92. The molecule has 4 heterocycles. The van der Waals surface area contributed by atoms with Crippen LogP contribution in [-0.2, 0) is 14.5 Å². The van der Waals surface area contributed by atoms with Gasteiger partial charge in [0.1, 0.15) is 17.5 Å². The molecule has 5 rings (SSSR count). The summed E-state index contributed by atoms with van der Waals surface area (Å²) in [5, 5.41) is 6.81. The van der Waals surface area contributed by atoms with Gasteiger partial charge in [0.25, 0.3) is 0 Å². The first-order chi connectivity index (χ1) is 18.1. The molecule has 0 spiro atoms. The maximum atomic E-state index is 12.1. The lowest BCUT2D eigenvalue weighted by atomic mass is 10.1. The molecule has 0 aliphatic carbocycles. The lowest BCUT2D eigenvalue weighted by molar-refractivity contribution is -0.0365. The molecule has 4 aromatic rings. The van der Waals surface area contributed by atoms with Crippen LogP contribution in [0.25, 0.3) is 22.2 Å². The van der Waals surface area contributed by atoms with Crippen LogP contribution in [0.2, 0.25) is 10.0 Å². The van der Waals surface area contributed by atoms with Crippen molar-refractivity contribution < 1.29 is 13.7 Å². The van der Waals surface area contributed by atoms with Crippen LogP contribution in [0, 0.1) is 6.92 Å². The number of pyridine rings is 2. The molecule has 3 aromatic heterocycles. The van der Waals surface area contributed by atoms with Crippen LogP contribution < -0.4 is 4.74 Å². The summed E-state index contributed by atoms with van der Waals surface area (Å²) in [6, 6.07) is 9.51. The third-order valence-corrected chi connectivity index (χ3v) is 7.75. The second-order valence-electron chi connectivity index (χ2n) is 9.65. The third-order valence-electron chi connectivity index (χ3n) is 6.34. The summed E-state index contributed by atoms with van der Waals surface area (Å²) in [7, 11) is -2.31. The van der Waals surface area contributed by atoms with Crippen LogP contribution in [-0.4, -0.2) is 43.1 Å². The number of rotatable bonds is 6. The zero-order chi connectivity index (χ0) is 27.0. The summed E-state index contributed by atoms with van der Waals surface area (Å²) in [6.45, 7) is 4.45. The quantitative estimate of drug-likeness (QED) is 0.240. The fourth-order valence-corrected chi connectivity index (χ4v) is 5.77. The standard InChI is InChI=1S/C27H29Cl2N5O3S/c1-16-26(29)25(21(28)15-30-16)17(2)37-19-9-10-22-20(13-19)27(32-34(22)24-7-5-6-12-36-24)18-8-11-23(31-14-18)33-38(3,4)35/h8-11,13-15,17,24H,5-7,12H2,1-4H3/t17-,24?/m1/s1. The van der Waals surface area contributed by atoms with E-state index in [1.807, 2.05) is 42.8 Å². The Hall–Kier alpha value is -2.72. The minimum atomic E-state index is -2.31. The predicted molar refractivity (Wildman–Crippen MR) is 152 cm³/mol. The molecule has 2 atom stereocenters. The number of hydrogen-bond donors (Lipinski definition) is 0. The molecule has 1 aliphatic heterocycles. The Kier molecular flexibility index (Phi) is 7.64. The van der Waals surface area contributed by atoms with Gasteiger partial charge in [-0.2, -0.15) is 9.46 Å². The molecule has 8 nitrogen and oxygen atoms in total. The first-order valence-corrected chi connectivity index (χ1v) is 15.4. The number of fused-ring (bicyclic) bond motifs is 1. The van der Waals surface area contributed by atoms with Gasteiger partial charge in [0.05, 0.1) is 21.3 Å². The van der Waals surface area contributed by atoms with Gasteiger partial charge in [-0.15, -0.1) is 0 Å². The van der Waals surface area contributed by atoms with Crippen molar-refractivity contribution in [3.05, 3.63) is 64.0 Å². The van der Waals surface area contributed by atoms with Crippen molar-refractivity contribution in [3.63, 3.8) is 0 Å². The fourth-order valence-electron chi connectivity index (χ4n) is 4.56. The molecule has 1 fully saturated rings. The summed E-state index contributed by atoms with van der Waals surface area (Å²) < 4.78 is 30.6. The van der Waals surface area contributed by atoms with E-state index >= 15 is 0 Å². The summed E-state index contributed by atoms with van der Waals surface area (Å²) in [4.78, 5) is 8.63. The molecule has 11 heteroatoms. The monoisotopic (exact) mass is 573 g/mol. The molecule has 1 saturated heterocycles. The molecule has 1 aliphatic rings. The Morgan fingerprint density at radius 3 is 2.66 bits per heavy atom. The first kappa shape index (κ1) is 26.9. The Labute approximate surface area is 232 Å². The lowest BCUT2D eigenvalue weighted by Crippen LogP contribution is -2.19. The number of aryl methyl sites for hydroxylation is 1. The second-order valence-corrected chi connectivity index (χ2v) is 13.0. The van der Waals surface area contributed by atoms with Crippen molar-refractivity contribution in [1.82, 2.24) is 19.7 Å². The second kappa shape index (κ2) is 10.8. The highest BCUT2D eigenvalue weighted by atomic mass is 35.5. The van der Waals surface area contributed by atoms with Crippen molar-refractivity contribution in [2.75, 3.05) is 19.1 Å². The highest BCUT2D eigenvalue weighted by molar-refractivity contribution is 7.92. The van der Waals surface area contributed by atoms with Crippen LogP contribution in [0.15, 0.2) is 47.1 Å². The van der Waals surface area contributed by atoms with Crippen molar-refractivity contribution in [2.45, 2.75) is 45.4 Å². The van der Waals surface area contributed by atoms with Gasteiger partial charge in [0, 0.05) is 57.8 Å². The average molecular weight is 575 g/mol. The number of benzene rings is 1. The molecule has 0 radical (unpaired) electrons. The van der Waals surface area contributed by atoms with Gasteiger partial charge in [-0.05, 0) is 63.4 Å². The van der Waals surface area contributed by atoms with E-state index in [9.17, 15) is 4.21 Å². The Bertz CT molecular complexity index is 1600. The van der Waals surface area contributed by atoms with E-state index in [0.717, 1.165) is 41.4 Å². The van der Waals surface area contributed by atoms with Gasteiger partial charge in [-0.1, -0.05) is 23.2 Å². The Balaban J connectivity index is 1.57. The van der Waals surface area contributed by atoms with E-state index in [1.165, 1.54) is 0 Å². The molecule has 1 unspecified atom stereocenters. The van der Waals surface area contributed by atoms with E-state index in [4.69, 9.17) is 37.8 Å². The molecular formula is C27H29Cl2N5O3S. The van der Waals surface area contributed by atoms with Gasteiger partial charge in [0.2, 0.25) is 0 Å².